The molecule has 1 aromatic heterocycles. The van der Waals surface area contributed by atoms with Gasteiger partial charge in [0.05, 0.1) is 11.9 Å². The van der Waals surface area contributed by atoms with Crippen LogP contribution in [0.5, 0.6) is 0 Å². The first-order valence-electron chi connectivity index (χ1n) is 7.11. The fourth-order valence-electron chi connectivity index (χ4n) is 2.41. The largest absolute Gasteiger partial charge is 0.341 e. The van der Waals surface area contributed by atoms with Crippen molar-refractivity contribution in [3.8, 4) is 0 Å². The molecule has 0 spiro atoms. The number of nitrogens with zero attached hydrogens (tertiary/aromatic N) is 4. The molecule has 2 rings (SSSR count). The Labute approximate surface area is 114 Å². The summed E-state index contributed by atoms with van der Waals surface area (Å²) in [5, 5.41) is 11.0. The molecule has 0 aliphatic carbocycles. The molecule has 1 fully saturated rings. The standard InChI is InChI=1S/C13H23N5O/c1-14-9-12-10-18(16-15-12)11-13(19)17-7-5-3-2-4-6-8-17/h10,14H,2-9,11H2,1H3. The molecule has 106 valence electrons. The number of carbonyl (C=O) groups excluding carboxylic acids is 1. The molecule has 6 heteroatoms. The number of likely N-dealkylation sites (tertiary alicyclic amines) is 1. The molecule has 1 amide bonds. The Bertz CT molecular complexity index is 395. The van der Waals surface area contributed by atoms with Gasteiger partial charge >= 0.3 is 0 Å². The second kappa shape index (κ2) is 7.23. The highest BCUT2D eigenvalue weighted by Gasteiger charge is 2.15. The molecule has 1 aromatic rings. The van der Waals surface area contributed by atoms with Crippen molar-refractivity contribution in [1.29, 1.82) is 0 Å². The van der Waals surface area contributed by atoms with E-state index in [0.29, 0.717) is 13.1 Å². The summed E-state index contributed by atoms with van der Waals surface area (Å²) in [6.07, 6.45) is 7.85. The lowest BCUT2D eigenvalue weighted by molar-refractivity contribution is -0.132. The quantitative estimate of drug-likeness (QED) is 0.874. The van der Waals surface area contributed by atoms with E-state index in [0.717, 1.165) is 31.6 Å². The summed E-state index contributed by atoms with van der Waals surface area (Å²) in [4.78, 5) is 14.2. The van der Waals surface area contributed by atoms with Crippen LogP contribution >= 0.6 is 0 Å². The normalized spacial score (nSPS) is 17.0. The van der Waals surface area contributed by atoms with Gasteiger partial charge in [-0.15, -0.1) is 5.10 Å². The van der Waals surface area contributed by atoms with Crippen LogP contribution in [0.3, 0.4) is 0 Å². The van der Waals surface area contributed by atoms with Crippen molar-refractivity contribution in [3.63, 3.8) is 0 Å². The van der Waals surface area contributed by atoms with Crippen LogP contribution in [-0.4, -0.2) is 45.9 Å². The molecule has 0 unspecified atom stereocenters. The van der Waals surface area contributed by atoms with E-state index in [-0.39, 0.29) is 5.91 Å². The SMILES string of the molecule is CNCc1cn(CC(=O)N2CCCCCCC2)nn1. The van der Waals surface area contributed by atoms with Gasteiger partial charge in [-0.2, -0.15) is 0 Å². The minimum Gasteiger partial charge on any atom is -0.341 e. The van der Waals surface area contributed by atoms with Gasteiger partial charge in [0.15, 0.2) is 0 Å². The third-order valence-corrected chi connectivity index (χ3v) is 3.45. The van der Waals surface area contributed by atoms with E-state index in [9.17, 15) is 4.79 Å². The Morgan fingerprint density at radius 3 is 2.63 bits per heavy atom. The number of aromatic nitrogens is 3. The van der Waals surface area contributed by atoms with Crippen molar-refractivity contribution in [2.24, 2.45) is 0 Å². The first kappa shape index (κ1) is 14.0. The molecule has 1 N–H and O–H groups in total. The number of hydrogen-bond donors (Lipinski definition) is 1. The van der Waals surface area contributed by atoms with Gasteiger partial charge in [-0.25, -0.2) is 4.68 Å². The Balaban J connectivity index is 1.87. The fourth-order valence-corrected chi connectivity index (χ4v) is 2.41. The third-order valence-electron chi connectivity index (χ3n) is 3.45. The second-order valence-corrected chi connectivity index (χ2v) is 5.09. The van der Waals surface area contributed by atoms with Crippen LogP contribution in [0.1, 0.15) is 37.8 Å². The third kappa shape index (κ3) is 4.31. The van der Waals surface area contributed by atoms with Crippen LogP contribution in [0, 0.1) is 0 Å². The summed E-state index contributed by atoms with van der Waals surface area (Å²) < 4.78 is 1.63. The highest BCUT2D eigenvalue weighted by Crippen LogP contribution is 2.10. The van der Waals surface area contributed by atoms with Crippen molar-refractivity contribution >= 4 is 5.91 Å². The van der Waals surface area contributed by atoms with Crippen LogP contribution in [0.2, 0.25) is 0 Å². The van der Waals surface area contributed by atoms with Gasteiger partial charge in [0.25, 0.3) is 0 Å². The van der Waals surface area contributed by atoms with E-state index < -0.39 is 0 Å². The van der Waals surface area contributed by atoms with Crippen molar-refractivity contribution in [2.45, 2.75) is 45.2 Å². The summed E-state index contributed by atoms with van der Waals surface area (Å²) in [6.45, 7) is 2.75. The molecule has 0 bridgehead atoms. The molecule has 2 heterocycles. The Morgan fingerprint density at radius 1 is 1.26 bits per heavy atom. The van der Waals surface area contributed by atoms with Gasteiger partial charge < -0.3 is 10.2 Å². The number of nitrogens with one attached hydrogen (secondary N) is 1. The minimum atomic E-state index is 0.155. The first-order chi connectivity index (χ1) is 9.29. The van der Waals surface area contributed by atoms with Crippen molar-refractivity contribution in [3.05, 3.63) is 11.9 Å². The molecule has 1 aliphatic rings. The maximum atomic E-state index is 12.2. The maximum Gasteiger partial charge on any atom is 0.244 e. The summed E-state index contributed by atoms with van der Waals surface area (Å²) in [5.74, 6) is 0.155. The highest BCUT2D eigenvalue weighted by atomic mass is 16.2. The van der Waals surface area contributed by atoms with Crippen molar-refractivity contribution < 1.29 is 4.79 Å². The summed E-state index contributed by atoms with van der Waals surface area (Å²) >= 11 is 0. The zero-order chi connectivity index (χ0) is 13.5. The maximum absolute atomic E-state index is 12.2. The van der Waals surface area contributed by atoms with E-state index in [1.807, 2.05) is 18.1 Å². The number of amides is 1. The van der Waals surface area contributed by atoms with E-state index in [1.54, 1.807) is 4.68 Å². The Morgan fingerprint density at radius 2 is 1.95 bits per heavy atom. The molecule has 1 saturated heterocycles. The summed E-state index contributed by atoms with van der Waals surface area (Å²) in [5.41, 5.74) is 0.864. The Hall–Kier alpha value is -1.43. The molecular formula is C13H23N5O. The molecule has 0 atom stereocenters. The van der Waals surface area contributed by atoms with Gasteiger partial charge in [0, 0.05) is 19.6 Å². The van der Waals surface area contributed by atoms with Crippen molar-refractivity contribution in [1.82, 2.24) is 25.2 Å². The monoisotopic (exact) mass is 265 g/mol. The van der Waals surface area contributed by atoms with E-state index >= 15 is 0 Å². The lowest BCUT2D eigenvalue weighted by atomic mass is 10.1. The van der Waals surface area contributed by atoms with Crippen LogP contribution in [0.4, 0.5) is 0 Å². The smallest absolute Gasteiger partial charge is 0.244 e. The predicted octanol–water partition coefficient (Wildman–Crippen LogP) is 0.790. The minimum absolute atomic E-state index is 0.155. The van der Waals surface area contributed by atoms with E-state index in [1.165, 1.54) is 19.3 Å². The van der Waals surface area contributed by atoms with Crippen LogP contribution < -0.4 is 5.32 Å². The summed E-state index contributed by atoms with van der Waals surface area (Å²) in [6, 6.07) is 0. The van der Waals surface area contributed by atoms with Crippen LogP contribution in [-0.2, 0) is 17.9 Å². The number of carbonyl (C=O) groups is 1. The lowest BCUT2D eigenvalue weighted by Gasteiger charge is -2.24. The lowest BCUT2D eigenvalue weighted by Crippen LogP contribution is -2.36. The van der Waals surface area contributed by atoms with Gasteiger partial charge in [0.2, 0.25) is 5.91 Å². The predicted molar refractivity (Wildman–Crippen MR) is 72.5 cm³/mol. The second-order valence-electron chi connectivity index (χ2n) is 5.09. The van der Waals surface area contributed by atoms with Crippen LogP contribution in [0.25, 0.3) is 0 Å². The Kier molecular flexibility index (Phi) is 5.32. The van der Waals surface area contributed by atoms with Crippen LogP contribution in [0.15, 0.2) is 6.20 Å². The first-order valence-corrected chi connectivity index (χ1v) is 7.11. The molecular weight excluding hydrogens is 242 g/mol. The average Bonchev–Trinajstić information content (AvgIpc) is 2.76. The molecule has 0 aromatic carbocycles. The highest BCUT2D eigenvalue weighted by molar-refractivity contribution is 5.75. The molecule has 0 radical (unpaired) electrons. The average molecular weight is 265 g/mol. The molecule has 6 nitrogen and oxygen atoms in total. The fraction of sp³-hybridized carbons (Fsp3) is 0.769. The van der Waals surface area contributed by atoms with E-state index in [2.05, 4.69) is 15.6 Å². The summed E-state index contributed by atoms with van der Waals surface area (Å²) in [7, 11) is 1.87. The zero-order valence-electron chi connectivity index (χ0n) is 11.6. The molecule has 0 saturated carbocycles. The molecule has 19 heavy (non-hydrogen) atoms. The van der Waals surface area contributed by atoms with E-state index in [4.69, 9.17) is 0 Å². The van der Waals surface area contributed by atoms with Gasteiger partial charge in [0.1, 0.15) is 6.54 Å². The van der Waals surface area contributed by atoms with Gasteiger partial charge in [-0.1, -0.05) is 24.5 Å². The van der Waals surface area contributed by atoms with Gasteiger partial charge in [-0.3, -0.25) is 4.79 Å². The number of hydrogen-bond acceptors (Lipinski definition) is 4. The zero-order valence-corrected chi connectivity index (χ0v) is 11.6. The van der Waals surface area contributed by atoms with Gasteiger partial charge in [-0.05, 0) is 19.9 Å². The molecule has 1 aliphatic heterocycles. The number of rotatable bonds is 4. The topological polar surface area (TPSA) is 63.1 Å². The van der Waals surface area contributed by atoms with Crippen molar-refractivity contribution in [2.75, 3.05) is 20.1 Å².